The quantitative estimate of drug-likeness (QED) is 0.918. The normalized spacial score (nSPS) is 31.5. The first-order valence-corrected chi connectivity index (χ1v) is 9.08. The molecule has 126 valence electrons. The highest BCUT2D eigenvalue weighted by Crippen LogP contribution is 2.40. The lowest BCUT2D eigenvalue weighted by Gasteiger charge is -2.34. The van der Waals surface area contributed by atoms with Crippen LogP contribution in [-0.2, 0) is 4.79 Å². The van der Waals surface area contributed by atoms with Crippen LogP contribution in [0.1, 0.15) is 68.5 Å². The van der Waals surface area contributed by atoms with Gasteiger partial charge < -0.3 is 15.2 Å². The highest BCUT2D eigenvalue weighted by atomic mass is 16.5. The highest BCUT2D eigenvalue weighted by molar-refractivity contribution is 5.79. The van der Waals surface area contributed by atoms with E-state index in [4.69, 9.17) is 10.3 Å². The molecule has 23 heavy (non-hydrogen) atoms. The third-order valence-electron chi connectivity index (χ3n) is 5.76. The molecule has 6 heteroatoms. The Morgan fingerprint density at radius 2 is 2.04 bits per heavy atom. The topological polar surface area (TPSA) is 85.3 Å². The van der Waals surface area contributed by atoms with Gasteiger partial charge in [-0.05, 0) is 51.0 Å². The van der Waals surface area contributed by atoms with Crippen LogP contribution in [0.5, 0.6) is 0 Å². The predicted molar refractivity (Wildman–Crippen MR) is 84.7 cm³/mol. The zero-order valence-electron chi connectivity index (χ0n) is 13.6. The highest BCUT2D eigenvalue weighted by Gasteiger charge is 2.37. The van der Waals surface area contributed by atoms with Crippen molar-refractivity contribution < 1.29 is 9.32 Å². The maximum absolute atomic E-state index is 12.9. The molecule has 2 heterocycles. The smallest absolute Gasteiger partial charge is 0.229 e. The number of rotatable bonds is 4. The van der Waals surface area contributed by atoms with Crippen LogP contribution >= 0.6 is 0 Å². The largest absolute Gasteiger partial charge is 0.342 e. The zero-order chi connectivity index (χ0) is 15.8. The van der Waals surface area contributed by atoms with Gasteiger partial charge in [0.2, 0.25) is 11.8 Å². The van der Waals surface area contributed by atoms with Gasteiger partial charge in [-0.1, -0.05) is 11.6 Å². The van der Waals surface area contributed by atoms with Gasteiger partial charge in [-0.2, -0.15) is 4.98 Å². The number of amides is 1. The molecule has 0 bridgehead atoms. The van der Waals surface area contributed by atoms with Gasteiger partial charge in [0.1, 0.15) is 0 Å². The van der Waals surface area contributed by atoms with Crippen molar-refractivity contribution in [1.82, 2.24) is 15.0 Å². The standard InChI is InChI=1S/C17H26N4O2/c18-9-12-3-1-5-14(12)17(22)21-8-2-4-13(10-21)15-19-16(23-20-15)11-6-7-11/h11-14H,1-10,18H2/t12-,13?,14-/m1/s1. The number of carbonyl (C=O) groups excluding carboxylic acids is 1. The molecule has 2 aliphatic carbocycles. The maximum atomic E-state index is 12.9. The van der Waals surface area contributed by atoms with E-state index in [1.54, 1.807) is 0 Å². The number of hydrogen-bond donors (Lipinski definition) is 1. The summed E-state index contributed by atoms with van der Waals surface area (Å²) < 4.78 is 5.39. The molecule has 1 amide bonds. The summed E-state index contributed by atoms with van der Waals surface area (Å²) in [6, 6.07) is 0. The van der Waals surface area contributed by atoms with Crippen LogP contribution in [0.25, 0.3) is 0 Å². The van der Waals surface area contributed by atoms with E-state index in [2.05, 4.69) is 10.1 Å². The molecule has 0 aromatic carbocycles. The number of hydrogen-bond acceptors (Lipinski definition) is 5. The molecule has 0 radical (unpaired) electrons. The molecule has 1 aliphatic heterocycles. The van der Waals surface area contributed by atoms with Crippen molar-refractivity contribution in [3.63, 3.8) is 0 Å². The van der Waals surface area contributed by atoms with Gasteiger partial charge in [-0.25, -0.2) is 0 Å². The number of aromatic nitrogens is 2. The molecule has 3 atom stereocenters. The second kappa shape index (κ2) is 6.23. The number of likely N-dealkylation sites (tertiary alicyclic amines) is 1. The van der Waals surface area contributed by atoms with Gasteiger partial charge in [0.25, 0.3) is 0 Å². The molecule has 1 unspecified atom stereocenters. The predicted octanol–water partition coefficient (Wildman–Crippen LogP) is 2.03. The van der Waals surface area contributed by atoms with E-state index >= 15 is 0 Å². The summed E-state index contributed by atoms with van der Waals surface area (Å²) >= 11 is 0. The fourth-order valence-corrected chi connectivity index (χ4v) is 4.18. The van der Waals surface area contributed by atoms with E-state index in [1.165, 1.54) is 12.8 Å². The fraction of sp³-hybridized carbons (Fsp3) is 0.824. The minimum Gasteiger partial charge on any atom is -0.342 e. The lowest BCUT2D eigenvalue weighted by molar-refractivity contribution is -0.137. The van der Waals surface area contributed by atoms with E-state index < -0.39 is 0 Å². The summed E-state index contributed by atoms with van der Waals surface area (Å²) in [5.74, 6) is 3.10. The van der Waals surface area contributed by atoms with Gasteiger partial charge >= 0.3 is 0 Å². The van der Waals surface area contributed by atoms with Gasteiger partial charge in [-0.3, -0.25) is 4.79 Å². The van der Waals surface area contributed by atoms with Crippen molar-refractivity contribution in [3.8, 4) is 0 Å². The molecule has 3 aliphatic rings. The summed E-state index contributed by atoms with van der Waals surface area (Å²) in [5.41, 5.74) is 5.84. The minimum absolute atomic E-state index is 0.131. The number of nitrogens with zero attached hydrogens (tertiary/aromatic N) is 3. The molecule has 2 N–H and O–H groups in total. The lowest BCUT2D eigenvalue weighted by Crippen LogP contribution is -2.44. The van der Waals surface area contributed by atoms with Crippen molar-refractivity contribution in [1.29, 1.82) is 0 Å². The number of nitrogens with two attached hydrogens (primary N) is 1. The fourth-order valence-electron chi connectivity index (χ4n) is 4.18. The van der Waals surface area contributed by atoms with Crippen molar-refractivity contribution in [3.05, 3.63) is 11.7 Å². The van der Waals surface area contributed by atoms with Crippen LogP contribution in [0, 0.1) is 11.8 Å². The zero-order valence-corrected chi connectivity index (χ0v) is 13.6. The van der Waals surface area contributed by atoms with Crippen molar-refractivity contribution in [2.45, 2.75) is 56.8 Å². The SMILES string of the molecule is NC[C@H]1CCC[C@H]1C(=O)N1CCCC(c2noc(C3CC3)n2)C1. The van der Waals surface area contributed by atoms with Crippen LogP contribution < -0.4 is 5.73 Å². The molecule has 1 saturated heterocycles. The number of piperidine rings is 1. The van der Waals surface area contributed by atoms with Gasteiger partial charge in [0.05, 0.1) is 0 Å². The van der Waals surface area contributed by atoms with Gasteiger partial charge in [0.15, 0.2) is 5.82 Å². The van der Waals surface area contributed by atoms with E-state index in [9.17, 15) is 4.79 Å². The lowest BCUT2D eigenvalue weighted by atomic mass is 9.91. The first kappa shape index (κ1) is 15.1. The third-order valence-corrected chi connectivity index (χ3v) is 5.76. The van der Waals surface area contributed by atoms with Crippen LogP contribution in [0.3, 0.4) is 0 Å². The molecule has 4 rings (SSSR count). The Kier molecular flexibility index (Phi) is 4.09. The molecular weight excluding hydrogens is 292 g/mol. The summed E-state index contributed by atoms with van der Waals surface area (Å²) in [5, 5.41) is 4.18. The van der Waals surface area contributed by atoms with Crippen LogP contribution in [0.2, 0.25) is 0 Å². The molecule has 1 aromatic rings. The molecule has 1 aromatic heterocycles. The second-order valence-electron chi connectivity index (χ2n) is 7.42. The Labute approximate surface area is 136 Å². The van der Waals surface area contributed by atoms with Gasteiger partial charge in [0, 0.05) is 30.8 Å². The van der Waals surface area contributed by atoms with Crippen molar-refractivity contribution >= 4 is 5.91 Å². The molecule has 6 nitrogen and oxygen atoms in total. The van der Waals surface area contributed by atoms with Crippen molar-refractivity contribution in [2.75, 3.05) is 19.6 Å². The molecule has 2 saturated carbocycles. The van der Waals surface area contributed by atoms with E-state index in [1.807, 2.05) is 4.90 Å². The molecule has 0 spiro atoms. The first-order chi connectivity index (χ1) is 11.3. The average Bonchev–Trinajstić information content (AvgIpc) is 3.14. The van der Waals surface area contributed by atoms with E-state index in [0.29, 0.717) is 24.3 Å². The summed E-state index contributed by atoms with van der Waals surface area (Å²) in [6.45, 7) is 2.22. The summed E-state index contributed by atoms with van der Waals surface area (Å²) in [4.78, 5) is 19.5. The minimum atomic E-state index is 0.131. The number of carbonyl (C=O) groups is 1. The third kappa shape index (κ3) is 3.01. The summed E-state index contributed by atoms with van der Waals surface area (Å²) in [6.07, 6.45) is 7.61. The van der Waals surface area contributed by atoms with E-state index in [-0.39, 0.29) is 11.8 Å². The van der Waals surface area contributed by atoms with E-state index in [0.717, 1.165) is 56.9 Å². The Morgan fingerprint density at radius 1 is 1.17 bits per heavy atom. The maximum Gasteiger partial charge on any atom is 0.229 e. The first-order valence-electron chi connectivity index (χ1n) is 9.08. The Bertz CT molecular complexity index is 569. The Balaban J connectivity index is 1.42. The monoisotopic (exact) mass is 318 g/mol. The Morgan fingerprint density at radius 3 is 2.83 bits per heavy atom. The second-order valence-corrected chi connectivity index (χ2v) is 7.42. The molecule has 3 fully saturated rings. The van der Waals surface area contributed by atoms with Crippen LogP contribution in [-0.4, -0.2) is 40.6 Å². The molecular formula is C17H26N4O2. The van der Waals surface area contributed by atoms with Gasteiger partial charge in [-0.15, -0.1) is 0 Å². The van der Waals surface area contributed by atoms with Crippen LogP contribution in [0.4, 0.5) is 0 Å². The average molecular weight is 318 g/mol. The van der Waals surface area contributed by atoms with Crippen molar-refractivity contribution in [2.24, 2.45) is 17.6 Å². The Hall–Kier alpha value is -1.43. The van der Waals surface area contributed by atoms with Crippen LogP contribution in [0.15, 0.2) is 4.52 Å². The summed E-state index contributed by atoms with van der Waals surface area (Å²) in [7, 11) is 0.